The fraction of sp³-hybridized carbons (Fsp3) is 1.00. The molecule has 0 saturated carbocycles. The van der Waals surface area contributed by atoms with Gasteiger partial charge in [0.15, 0.2) is 6.29 Å². The Balaban J connectivity index is -0.0000000932. The van der Waals surface area contributed by atoms with E-state index in [0.29, 0.717) is 6.61 Å². The van der Waals surface area contributed by atoms with Gasteiger partial charge in [-0.25, -0.2) is 0 Å². The molecule has 1 heterocycles. The van der Waals surface area contributed by atoms with E-state index in [-0.39, 0.29) is 7.43 Å². The van der Waals surface area contributed by atoms with E-state index >= 15 is 0 Å². The highest BCUT2D eigenvalue weighted by Crippen LogP contribution is 2.08. The number of ether oxygens (including phenoxy) is 1. The minimum absolute atomic E-state index is 0. The zero-order valence-electron chi connectivity index (χ0n) is 19.2. The van der Waals surface area contributed by atoms with Crippen molar-refractivity contribution in [2.45, 2.75) is 98.2 Å². The number of rotatable bonds is 11. The molecule has 1 rings (SSSR count). The molecule has 0 aromatic rings. The minimum atomic E-state index is -0.464. The first-order valence-electron chi connectivity index (χ1n) is 10.9. The predicted molar refractivity (Wildman–Crippen MR) is 126 cm³/mol. The average molecular weight is 429 g/mol. The summed E-state index contributed by atoms with van der Waals surface area (Å²) in [5, 5.41) is 34.5. The maximum absolute atomic E-state index is 8.69. The Hall–Kier alpha value is -0.280. The summed E-state index contributed by atoms with van der Waals surface area (Å²) in [6.45, 7) is 8.51. The van der Waals surface area contributed by atoms with E-state index < -0.39 is 6.29 Å². The number of nitrogens with one attached hydrogen (secondary N) is 1. The standard InChI is InChI=1S/C9H21NO.C5H13N.C5H10O2.2CH4O.CH4/c1-2-3-4-7-10-8-5-6-9-11;1-2-3-4-5-6;6-5-3-1-2-4-7-5;2*1-2;/h10-11H,2-9H2,1H3;2-6H2,1H3;5-6H,1-4H2;2*2H,1H3;1H4. The molecule has 184 valence electrons. The first kappa shape index (κ1) is 39.2. The van der Waals surface area contributed by atoms with E-state index in [1.54, 1.807) is 0 Å². The molecule has 0 aliphatic carbocycles. The van der Waals surface area contributed by atoms with Gasteiger partial charge in [0.1, 0.15) is 0 Å². The van der Waals surface area contributed by atoms with Crippen LogP contribution in [0.2, 0.25) is 0 Å². The Morgan fingerprint density at radius 2 is 1.38 bits per heavy atom. The van der Waals surface area contributed by atoms with Crippen LogP contribution in [-0.2, 0) is 4.74 Å². The molecule has 1 saturated heterocycles. The zero-order chi connectivity index (χ0) is 22.3. The molecule has 7 N–H and O–H groups in total. The maximum Gasteiger partial charge on any atom is 0.154 e. The van der Waals surface area contributed by atoms with Crippen molar-refractivity contribution in [3.63, 3.8) is 0 Å². The summed E-state index contributed by atoms with van der Waals surface area (Å²) in [7, 11) is 2.00. The summed E-state index contributed by atoms with van der Waals surface area (Å²) >= 11 is 0. The van der Waals surface area contributed by atoms with Gasteiger partial charge in [-0.1, -0.05) is 47.0 Å². The van der Waals surface area contributed by atoms with Crippen LogP contribution in [0.5, 0.6) is 0 Å². The summed E-state index contributed by atoms with van der Waals surface area (Å²) in [5.74, 6) is 0. The zero-order valence-corrected chi connectivity index (χ0v) is 19.2. The lowest BCUT2D eigenvalue weighted by Gasteiger charge is -2.16. The van der Waals surface area contributed by atoms with Gasteiger partial charge >= 0.3 is 0 Å². The third kappa shape index (κ3) is 52.3. The lowest BCUT2D eigenvalue weighted by Crippen LogP contribution is -2.17. The van der Waals surface area contributed by atoms with E-state index in [1.807, 2.05) is 0 Å². The predicted octanol–water partition coefficient (Wildman–Crippen LogP) is 3.03. The average Bonchev–Trinajstić information content (AvgIpc) is 2.76. The molecule has 0 aromatic carbocycles. The summed E-state index contributed by atoms with van der Waals surface area (Å²) < 4.78 is 4.83. The third-order valence-corrected chi connectivity index (χ3v) is 3.68. The largest absolute Gasteiger partial charge is 0.400 e. The first-order chi connectivity index (χ1) is 13.7. The number of aliphatic hydroxyl groups is 4. The Bertz CT molecular complexity index is 196. The van der Waals surface area contributed by atoms with Crippen molar-refractivity contribution in [1.29, 1.82) is 0 Å². The van der Waals surface area contributed by atoms with Crippen molar-refractivity contribution in [2.75, 3.05) is 47.1 Å². The van der Waals surface area contributed by atoms with Crippen LogP contribution in [-0.4, -0.2) is 73.8 Å². The molecule has 1 atom stereocenters. The van der Waals surface area contributed by atoms with Crippen molar-refractivity contribution in [3.05, 3.63) is 0 Å². The van der Waals surface area contributed by atoms with Gasteiger partial charge in [-0.15, -0.1) is 0 Å². The molecule has 1 fully saturated rings. The molecule has 7 heteroatoms. The van der Waals surface area contributed by atoms with Gasteiger partial charge in [0.2, 0.25) is 0 Å². The Morgan fingerprint density at radius 3 is 1.69 bits per heavy atom. The maximum atomic E-state index is 8.69. The van der Waals surface area contributed by atoms with E-state index in [0.717, 1.165) is 72.6 Å². The van der Waals surface area contributed by atoms with E-state index in [9.17, 15) is 0 Å². The second kappa shape index (κ2) is 46.1. The van der Waals surface area contributed by atoms with Gasteiger partial charge in [0, 0.05) is 27.4 Å². The molecule has 0 spiro atoms. The van der Waals surface area contributed by atoms with Crippen LogP contribution in [0.1, 0.15) is 91.9 Å². The normalized spacial score (nSPS) is 14.2. The lowest BCUT2D eigenvalue weighted by molar-refractivity contribution is -0.123. The van der Waals surface area contributed by atoms with Crippen LogP contribution < -0.4 is 11.1 Å². The summed E-state index contributed by atoms with van der Waals surface area (Å²) in [6.07, 6.45) is 12.3. The van der Waals surface area contributed by atoms with Crippen LogP contribution in [0.15, 0.2) is 0 Å². The second-order valence-corrected chi connectivity index (χ2v) is 6.20. The van der Waals surface area contributed by atoms with E-state index in [1.165, 1.54) is 38.5 Å². The molecule has 1 unspecified atom stereocenters. The highest BCUT2D eigenvalue weighted by Gasteiger charge is 2.07. The highest BCUT2D eigenvalue weighted by molar-refractivity contribution is 4.50. The monoisotopic (exact) mass is 428 g/mol. The summed E-state index contributed by atoms with van der Waals surface area (Å²) in [5.41, 5.74) is 5.21. The number of nitrogens with two attached hydrogens (primary N) is 1. The molecule has 1 aliphatic heterocycles. The Labute approximate surface area is 182 Å². The Morgan fingerprint density at radius 1 is 0.862 bits per heavy atom. The van der Waals surface area contributed by atoms with Crippen molar-refractivity contribution in [2.24, 2.45) is 5.73 Å². The molecule has 29 heavy (non-hydrogen) atoms. The molecular formula is C22H56N2O5. The van der Waals surface area contributed by atoms with Crippen molar-refractivity contribution >= 4 is 0 Å². The van der Waals surface area contributed by atoms with Crippen LogP contribution in [0.25, 0.3) is 0 Å². The molecule has 0 bridgehead atoms. The highest BCUT2D eigenvalue weighted by atomic mass is 16.6. The van der Waals surface area contributed by atoms with Crippen LogP contribution >= 0.6 is 0 Å². The number of hydrogen-bond acceptors (Lipinski definition) is 7. The fourth-order valence-electron chi connectivity index (χ4n) is 2.10. The topological polar surface area (TPSA) is 128 Å². The summed E-state index contributed by atoms with van der Waals surface area (Å²) in [4.78, 5) is 0. The quantitative estimate of drug-likeness (QED) is 0.279. The van der Waals surface area contributed by atoms with Gasteiger partial charge in [0.05, 0.1) is 0 Å². The van der Waals surface area contributed by atoms with Crippen LogP contribution in [0.3, 0.4) is 0 Å². The van der Waals surface area contributed by atoms with Gasteiger partial charge in [-0.2, -0.15) is 0 Å². The SMILES string of the molecule is C.CCCCCN.CCCCCNCCCCO.CO.CO.OC1CCCCO1. The molecule has 0 aromatic heterocycles. The molecular weight excluding hydrogens is 372 g/mol. The second-order valence-electron chi connectivity index (χ2n) is 6.20. The molecule has 0 amide bonds. The lowest BCUT2D eigenvalue weighted by atomic mass is 10.2. The van der Waals surface area contributed by atoms with Gasteiger partial charge in [-0.3, -0.25) is 0 Å². The first-order valence-corrected chi connectivity index (χ1v) is 10.9. The smallest absolute Gasteiger partial charge is 0.154 e. The number of aliphatic hydroxyl groups excluding tert-OH is 4. The van der Waals surface area contributed by atoms with E-state index in [2.05, 4.69) is 19.2 Å². The van der Waals surface area contributed by atoms with Crippen LogP contribution in [0.4, 0.5) is 0 Å². The molecule has 1 aliphatic rings. The Kier molecular flexibility index (Phi) is 62.3. The summed E-state index contributed by atoms with van der Waals surface area (Å²) in [6, 6.07) is 0. The minimum Gasteiger partial charge on any atom is -0.400 e. The molecule has 0 radical (unpaired) electrons. The van der Waals surface area contributed by atoms with Crippen LogP contribution in [0, 0.1) is 0 Å². The third-order valence-electron chi connectivity index (χ3n) is 3.68. The van der Waals surface area contributed by atoms with Gasteiger partial charge in [0.25, 0.3) is 0 Å². The van der Waals surface area contributed by atoms with Gasteiger partial charge < -0.3 is 36.2 Å². The van der Waals surface area contributed by atoms with Crippen molar-refractivity contribution in [3.8, 4) is 0 Å². The van der Waals surface area contributed by atoms with E-state index in [4.69, 9.17) is 30.9 Å². The fourth-order valence-corrected chi connectivity index (χ4v) is 2.10. The number of unbranched alkanes of at least 4 members (excludes halogenated alkanes) is 5. The molecule has 7 nitrogen and oxygen atoms in total. The van der Waals surface area contributed by atoms with Gasteiger partial charge in [-0.05, 0) is 64.6 Å². The van der Waals surface area contributed by atoms with Crippen molar-refractivity contribution < 1.29 is 25.2 Å². The number of hydrogen-bond donors (Lipinski definition) is 6. The van der Waals surface area contributed by atoms with Crippen molar-refractivity contribution in [1.82, 2.24) is 5.32 Å².